The van der Waals surface area contributed by atoms with E-state index in [-0.39, 0.29) is 0 Å². The second kappa shape index (κ2) is 8.81. The topological polar surface area (TPSA) is 39.1 Å². The summed E-state index contributed by atoms with van der Waals surface area (Å²) in [6, 6.07) is 12.6. The molecule has 0 aliphatic carbocycles. The smallest absolute Gasteiger partial charge is 0.133 e. The molecule has 1 atom stereocenters. The molecule has 0 saturated heterocycles. The van der Waals surface area contributed by atoms with E-state index < -0.39 is 5.54 Å². The van der Waals surface area contributed by atoms with E-state index in [2.05, 4.69) is 44.1 Å². The molecule has 0 aliphatic rings. The van der Waals surface area contributed by atoms with Crippen LogP contribution in [0.1, 0.15) is 39.2 Å². The summed E-state index contributed by atoms with van der Waals surface area (Å²) in [6.45, 7) is 9.34. The van der Waals surface area contributed by atoms with Gasteiger partial charge >= 0.3 is 0 Å². The lowest BCUT2D eigenvalue weighted by Gasteiger charge is -2.30. The Morgan fingerprint density at radius 2 is 1.90 bits per heavy atom. The van der Waals surface area contributed by atoms with Crippen molar-refractivity contribution in [1.82, 2.24) is 10.2 Å². The van der Waals surface area contributed by atoms with Crippen molar-refractivity contribution < 1.29 is 0 Å². The van der Waals surface area contributed by atoms with Gasteiger partial charge < -0.3 is 4.90 Å². The molecule has 3 nitrogen and oxygen atoms in total. The maximum Gasteiger partial charge on any atom is 0.133 e. The van der Waals surface area contributed by atoms with E-state index in [4.69, 9.17) is 0 Å². The Morgan fingerprint density at radius 1 is 1.24 bits per heavy atom. The van der Waals surface area contributed by atoms with Gasteiger partial charge in [0.25, 0.3) is 0 Å². The maximum atomic E-state index is 9.76. The molecule has 0 aliphatic heterocycles. The first kappa shape index (κ1) is 17.7. The van der Waals surface area contributed by atoms with Crippen molar-refractivity contribution in [3.05, 3.63) is 35.9 Å². The minimum Gasteiger partial charge on any atom is -0.306 e. The molecule has 1 rings (SSSR count). The number of benzene rings is 1. The Bertz CT molecular complexity index is 436. The van der Waals surface area contributed by atoms with Gasteiger partial charge in [0.05, 0.1) is 6.07 Å². The third kappa shape index (κ3) is 5.49. The average Bonchev–Trinajstić information content (AvgIpc) is 2.50. The lowest BCUT2D eigenvalue weighted by Crippen LogP contribution is -2.43. The third-order valence-corrected chi connectivity index (χ3v) is 3.89. The van der Waals surface area contributed by atoms with E-state index in [0.29, 0.717) is 0 Å². The molecule has 0 saturated carbocycles. The summed E-state index contributed by atoms with van der Waals surface area (Å²) in [5.74, 6) is 0.719. The minimum atomic E-state index is -0.581. The summed E-state index contributed by atoms with van der Waals surface area (Å²) in [5, 5.41) is 13.2. The highest BCUT2D eigenvalue weighted by Gasteiger charge is 2.31. The van der Waals surface area contributed by atoms with Gasteiger partial charge in [-0.3, -0.25) is 5.32 Å². The number of hydrogen-bond donors (Lipinski definition) is 1. The standard InChI is InChI=1S/C18H29N3/c1-5-20-18(15-19,17-9-7-6-8-10-17)12-14-21(4)13-11-16(2)3/h6-10,16,20H,5,11-14H2,1-4H3. The van der Waals surface area contributed by atoms with Crippen LogP contribution in [0.25, 0.3) is 0 Å². The van der Waals surface area contributed by atoms with Crippen molar-refractivity contribution in [2.45, 2.75) is 39.2 Å². The molecule has 21 heavy (non-hydrogen) atoms. The van der Waals surface area contributed by atoms with Crippen LogP contribution in [0.15, 0.2) is 30.3 Å². The van der Waals surface area contributed by atoms with E-state index in [1.165, 1.54) is 6.42 Å². The predicted molar refractivity (Wildman–Crippen MR) is 89.0 cm³/mol. The van der Waals surface area contributed by atoms with Crippen LogP contribution in [0.5, 0.6) is 0 Å². The van der Waals surface area contributed by atoms with Crippen LogP contribution in [-0.4, -0.2) is 31.6 Å². The largest absolute Gasteiger partial charge is 0.306 e. The second-order valence-corrected chi connectivity index (χ2v) is 6.15. The molecule has 1 aromatic carbocycles. The Labute approximate surface area is 130 Å². The van der Waals surface area contributed by atoms with E-state index in [0.717, 1.165) is 37.5 Å². The lowest BCUT2D eigenvalue weighted by molar-refractivity contribution is 0.269. The highest BCUT2D eigenvalue weighted by Crippen LogP contribution is 2.24. The molecule has 1 N–H and O–H groups in total. The van der Waals surface area contributed by atoms with Gasteiger partial charge in [-0.1, -0.05) is 51.1 Å². The normalized spacial score (nSPS) is 14.1. The summed E-state index contributed by atoms with van der Waals surface area (Å²) >= 11 is 0. The number of nitrogens with zero attached hydrogens (tertiary/aromatic N) is 2. The number of hydrogen-bond acceptors (Lipinski definition) is 3. The van der Waals surface area contributed by atoms with Crippen LogP contribution >= 0.6 is 0 Å². The Balaban J connectivity index is 2.73. The fourth-order valence-corrected chi connectivity index (χ4v) is 2.47. The molecule has 0 heterocycles. The van der Waals surface area contributed by atoms with Crippen molar-refractivity contribution in [3.8, 4) is 6.07 Å². The van der Waals surface area contributed by atoms with Crippen molar-refractivity contribution >= 4 is 0 Å². The van der Waals surface area contributed by atoms with Gasteiger partial charge in [0.1, 0.15) is 5.54 Å². The molecule has 0 spiro atoms. The highest BCUT2D eigenvalue weighted by atomic mass is 15.1. The van der Waals surface area contributed by atoms with E-state index in [1.807, 2.05) is 30.3 Å². The molecule has 0 radical (unpaired) electrons. The molecule has 1 unspecified atom stereocenters. The zero-order valence-electron chi connectivity index (χ0n) is 13.9. The zero-order valence-corrected chi connectivity index (χ0v) is 13.9. The summed E-state index contributed by atoms with van der Waals surface area (Å²) in [6.07, 6.45) is 2.00. The van der Waals surface area contributed by atoms with Crippen molar-refractivity contribution in [2.24, 2.45) is 5.92 Å². The van der Waals surface area contributed by atoms with E-state index in [9.17, 15) is 5.26 Å². The van der Waals surface area contributed by atoms with Gasteiger partial charge in [0.2, 0.25) is 0 Å². The fourth-order valence-electron chi connectivity index (χ4n) is 2.47. The molecule has 0 bridgehead atoms. The van der Waals surface area contributed by atoms with E-state index >= 15 is 0 Å². The summed E-state index contributed by atoms with van der Waals surface area (Å²) in [7, 11) is 2.14. The summed E-state index contributed by atoms with van der Waals surface area (Å²) < 4.78 is 0. The maximum absolute atomic E-state index is 9.76. The SMILES string of the molecule is CCNC(C#N)(CCN(C)CCC(C)C)c1ccccc1. The first-order valence-corrected chi connectivity index (χ1v) is 7.94. The predicted octanol–water partition coefficient (Wildman–Crippen LogP) is 3.38. The van der Waals surface area contributed by atoms with Crippen molar-refractivity contribution in [3.63, 3.8) is 0 Å². The van der Waals surface area contributed by atoms with Crippen LogP contribution in [-0.2, 0) is 5.54 Å². The van der Waals surface area contributed by atoms with Gasteiger partial charge in [-0.05, 0) is 44.5 Å². The summed E-state index contributed by atoms with van der Waals surface area (Å²) in [4.78, 5) is 2.33. The molecule has 3 heteroatoms. The monoisotopic (exact) mass is 287 g/mol. The van der Waals surface area contributed by atoms with Crippen LogP contribution in [0.3, 0.4) is 0 Å². The first-order chi connectivity index (χ1) is 10.0. The van der Waals surface area contributed by atoms with Crippen LogP contribution in [0, 0.1) is 17.2 Å². The molecule has 0 aromatic heterocycles. The quantitative estimate of drug-likeness (QED) is 0.757. The molecule has 0 amide bonds. The van der Waals surface area contributed by atoms with Gasteiger partial charge in [0.15, 0.2) is 0 Å². The van der Waals surface area contributed by atoms with E-state index in [1.54, 1.807) is 0 Å². The van der Waals surface area contributed by atoms with Gasteiger partial charge in [-0.25, -0.2) is 0 Å². The van der Waals surface area contributed by atoms with Crippen molar-refractivity contribution in [2.75, 3.05) is 26.7 Å². The van der Waals surface area contributed by atoms with Gasteiger partial charge in [0, 0.05) is 6.54 Å². The van der Waals surface area contributed by atoms with Crippen LogP contribution in [0.2, 0.25) is 0 Å². The van der Waals surface area contributed by atoms with Crippen LogP contribution < -0.4 is 5.32 Å². The zero-order chi connectivity index (χ0) is 15.7. The first-order valence-electron chi connectivity index (χ1n) is 7.94. The van der Waals surface area contributed by atoms with Crippen LogP contribution in [0.4, 0.5) is 0 Å². The highest BCUT2D eigenvalue weighted by molar-refractivity contribution is 5.31. The molecular formula is C18H29N3. The number of rotatable bonds is 9. The Morgan fingerprint density at radius 3 is 2.43 bits per heavy atom. The number of nitrogens with one attached hydrogen (secondary N) is 1. The Hall–Kier alpha value is -1.37. The number of nitriles is 1. The molecular weight excluding hydrogens is 258 g/mol. The second-order valence-electron chi connectivity index (χ2n) is 6.15. The van der Waals surface area contributed by atoms with Crippen molar-refractivity contribution in [1.29, 1.82) is 5.26 Å². The van der Waals surface area contributed by atoms with Gasteiger partial charge in [-0.2, -0.15) is 5.26 Å². The average molecular weight is 287 g/mol. The molecule has 1 aromatic rings. The molecule has 0 fully saturated rings. The fraction of sp³-hybridized carbons (Fsp3) is 0.611. The summed E-state index contributed by atoms with van der Waals surface area (Å²) in [5.41, 5.74) is 0.480. The Kier molecular flexibility index (Phi) is 7.42. The van der Waals surface area contributed by atoms with Gasteiger partial charge in [-0.15, -0.1) is 0 Å². The molecule has 116 valence electrons. The minimum absolute atomic E-state index is 0.581. The third-order valence-electron chi connectivity index (χ3n) is 3.89. The lowest BCUT2D eigenvalue weighted by atomic mass is 9.87.